The van der Waals surface area contributed by atoms with Crippen LogP contribution in [0, 0.1) is 5.92 Å². The first kappa shape index (κ1) is 21.2. The lowest BCUT2D eigenvalue weighted by atomic mass is 9.95. The smallest absolute Gasteiger partial charge is 0.252 e. The highest BCUT2D eigenvalue weighted by molar-refractivity contribution is 7.98. The minimum absolute atomic E-state index is 0.0644. The first-order chi connectivity index (χ1) is 13.0. The second-order valence-electron chi connectivity index (χ2n) is 6.47. The molecule has 0 spiro atoms. The highest BCUT2D eigenvalue weighted by Gasteiger charge is 2.22. The van der Waals surface area contributed by atoms with Gasteiger partial charge in [-0.05, 0) is 55.9 Å². The first-order valence-corrected chi connectivity index (χ1v) is 10.6. The molecule has 1 amide bonds. The largest absolute Gasteiger partial charge is 0.490 e. The average Bonchev–Trinajstić information content (AvgIpc) is 2.67. The fourth-order valence-corrected chi connectivity index (χ4v) is 3.54. The number of rotatable bonds is 9. The summed E-state index contributed by atoms with van der Waals surface area (Å²) in [7, 11) is 0. The van der Waals surface area contributed by atoms with Crippen LogP contribution < -0.4 is 14.8 Å². The Morgan fingerprint density at radius 1 is 1.04 bits per heavy atom. The van der Waals surface area contributed by atoms with Gasteiger partial charge in [0.2, 0.25) is 0 Å². The van der Waals surface area contributed by atoms with Gasteiger partial charge in [-0.15, -0.1) is 11.8 Å². The summed E-state index contributed by atoms with van der Waals surface area (Å²) in [5.41, 5.74) is 1.71. The third-order valence-corrected chi connectivity index (χ3v) is 5.03. The van der Waals surface area contributed by atoms with Crippen molar-refractivity contribution in [2.45, 2.75) is 38.6 Å². The van der Waals surface area contributed by atoms with Gasteiger partial charge < -0.3 is 14.8 Å². The highest BCUT2D eigenvalue weighted by atomic mass is 32.2. The molecule has 0 saturated carbocycles. The molecule has 2 aromatic rings. The lowest BCUT2D eigenvalue weighted by molar-refractivity contribution is 0.0922. The lowest BCUT2D eigenvalue weighted by Crippen LogP contribution is -2.32. The van der Waals surface area contributed by atoms with Gasteiger partial charge in [0.15, 0.2) is 11.5 Å². The van der Waals surface area contributed by atoms with Crippen molar-refractivity contribution in [2.24, 2.45) is 5.92 Å². The van der Waals surface area contributed by atoms with Crippen molar-refractivity contribution in [3.05, 3.63) is 53.6 Å². The molecule has 0 radical (unpaired) electrons. The third-order valence-electron chi connectivity index (χ3n) is 4.23. The Hall–Kier alpha value is -2.14. The van der Waals surface area contributed by atoms with Crippen LogP contribution in [-0.2, 0) is 0 Å². The molecular formula is C22H29NO3S. The van der Waals surface area contributed by atoms with E-state index in [1.54, 1.807) is 11.8 Å². The van der Waals surface area contributed by atoms with Gasteiger partial charge in [-0.2, -0.15) is 0 Å². The monoisotopic (exact) mass is 387 g/mol. The highest BCUT2D eigenvalue weighted by Crippen LogP contribution is 2.33. The maximum Gasteiger partial charge on any atom is 0.252 e. The topological polar surface area (TPSA) is 47.6 Å². The summed E-state index contributed by atoms with van der Waals surface area (Å²) in [5, 5.41) is 3.20. The first-order valence-electron chi connectivity index (χ1n) is 9.35. The fourth-order valence-electron chi connectivity index (χ4n) is 2.95. The van der Waals surface area contributed by atoms with E-state index in [4.69, 9.17) is 9.47 Å². The molecule has 27 heavy (non-hydrogen) atoms. The Kier molecular flexibility index (Phi) is 8.04. The summed E-state index contributed by atoms with van der Waals surface area (Å²) in [6.07, 6.45) is 1.98. The Morgan fingerprint density at radius 3 is 2.33 bits per heavy atom. The Morgan fingerprint density at radius 2 is 1.70 bits per heavy atom. The molecule has 2 aromatic carbocycles. The van der Waals surface area contributed by atoms with E-state index in [1.165, 1.54) is 0 Å². The van der Waals surface area contributed by atoms with Crippen molar-refractivity contribution in [3.8, 4) is 11.5 Å². The molecule has 1 N–H and O–H groups in total. The van der Waals surface area contributed by atoms with Gasteiger partial charge in [-0.3, -0.25) is 4.79 Å². The molecule has 0 saturated heterocycles. The van der Waals surface area contributed by atoms with Gasteiger partial charge in [-0.1, -0.05) is 32.0 Å². The minimum Gasteiger partial charge on any atom is -0.490 e. The third kappa shape index (κ3) is 5.42. The van der Waals surface area contributed by atoms with Crippen LogP contribution in [0.1, 0.15) is 49.7 Å². The SMILES string of the molecule is CCOc1ccc(C(NC(=O)c2ccccc2SC)C(C)C)cc1OCC. The van der Waals surface area contributed by atoms with Gasteiger partial charge in [0.1, 0.15) is 0 Å². The number of carbonyl (C=O) groups excluding carboxylic acids is 1. The van der Waals surface area contributed by atoms with Gasteiger partial charge in [0, 0.05) is 4.90 Å². The van der Waals surface area contributed by atoms with Crippen LogP contribution in [0.2, 0.25) is 0 Å². The molecule has 0 aliphatic carbocycles. The molecule has 1 atom stereocenters. The molecular weight excluding hydrogens is 358 g/mol. The minimum atomic E-state index is -0.123. The maximum absolute atomic E-state index is 12.9. The van der Waals surface area contributed by atoms with E-state index in [-0.39, 0.29) is 17.9 Å². The van der Waals surface area contributed by atoms with E-state index < -0.39 is 0 Å². The van der Waals surface area contributed by atoms with E-state index in [0.717, 1.165) is 16.2 Å². The molecule has 0 bridgehead atoms. The summed E-state index contributed by atoms with van der Waals surface area (Å²) in [6.45, 7) is 9.23. The van der Waals surface area contributed by atoms with Crippen molar-refractivity contribution in [1.29, 1.82) is 0 Å². The van der Waals surface area contributed by atoms with Crippen molar-refractivity contribution < 1.29 is 14.3 Å². The van der Waals surface area contributed by atoms with E-state index >= 15 is 0 Å². The Bertz CT molecular complexity index is 761. The molecule has 0 aliphatic heterocycles. The zero-order valence-corrected chi connectivity index (χ0v) is 17.6. The number of carbonyl (C=O) groups is 1. The van der Waals surface area contributed by atoms with E-state index in [0.29, 0.717) is 24.5 Å². The van der Waals surface area contributed by atoms with Crippen molar-refractivity contribution >= 4 is 17.7 Å². The molecule has 0 heterocycles. The molecule has 0 fully saturated rings. The van der Waals surface area contributed by atoms with Crippen molar-refractivity contribution in [2.75, 3.05) is 19.5 Å². The molecule has 5 heteroatoms. The van der Waals surface area contributed by atoms with Crippen LogP contribution in [0.4, 0.5) is 0 Å². The summed E-state index contributed by atoms with van der Waals surface area (Å²) in [4.78, 5) is 13.9. The summed E-state index contributed by atoms with van der Waals surface area (Å²) >= 11 is 1.57. The standard InChI is InChI=1S/C22H29NO3S/c1-6-25-18-13-12-16(14-19(18)26-7-2)21(15(3)4)23-22(24)17-10-8-9-11-20(17)27-5/h8-15,21H,6-7H2,1-5H3,(H,23,24). The zero-order valence-electron chi connectivity index (χ0n) is 16.7. The van der Waals surface area contributed by atoms with E-state index in [2.05, 4.69) is 19.2 Å². The number of hydrogen-bond acceptors (Lipinski definition) is 4. The van der Waals surface area contributed by atoms with Crippen LogP contribution in [-0.4, -0.2) is 25.4 Å². The molecule has 4 nitrogen and oxygen atoms in total. The van der Waals surface area contributed by atoms with Crippen LogP contribution >= 0.6 is 11.8 Å². The number of hydrogen-bond donors (Lipinski definition) is 1. The molecule has 2 rings (SSSR count). The second-order valence-corrected chi connectivity index (χ2v) is 7.32. The zero-order chi connectivity index (χ0) is 19.8. The van der Waals surface area contributed by atoms with Crippen molar-refractivity contribution in [1.82, 2.24) is 5.32 Å². The Balaban J connectivity index is 2.31. The molecule has 146 valence electrons. The van der Waals surface area contributed by atoms with Crippen LogP contribution in [0.25, 0.3) is 0 Å². The van der Waals surface area contributed by atoms with Gasteiger partial charge in [0.25, 0.3) is 5.91 Å². The normalized spacial score (nSPS) is 11.9. The summed E-state index contributed by atoms with van der Waals surface area (Å²) in [6, 6.07) is 13.4. The molecule has 1 unspecified atom stereocenters. The van der Waals surface area contributed by atoms with Gasteiger partial charge in [0.05, 0.1) is 24.8 Å². The van der Waals surface area contributed by atoms with Gasteiger partial charge in [-0.25, -0.2) is 0 Å². The molecule has 0 aliphatic rings. The fraction of sp³-hybridized carbons (Fsp3) is 0.409. The number of benzene rings is 2. The van der Waals surface area contributed by atoms with Crippen LogP contribution in [0.15, 0.2) is 47.4 Å². The van der Waals surface area contributed by atoms with E-state index in [1.807, 2.05) is 62.6 Å². The Labute approximate surface area is 166 Å². The number of amides is 1. The quantitative estimate of drug-likeness (QED) is 0.591. The number of ether oxygens (including phenoxy) is 2. The predicted molar refractivity (Wildman–Crippen MR) is 112 cm³/mol. The second kappa shape index (κ2) is 10.3. The number of nitrogens with one attached hydrogen (secondary N) is 1. The van der Waals surface area contributed by atoms with Crippen molar-refractivity contribution in [3.63, 3.8) is 0 Å². The van der Waals surface area contributed by atoms with Crippen LogP contribution in [0.3, 0.4) is 0 Å². The summed E-state index contributed by atoms with van der Waals surface area (Å²) in [5.74, 6) is 1.60. The predicted octanol–water partition coefficient (Wildman–Crippen LogP) is 5.33. The maximum atomic E-state index is 12.9. The van der Waals surface area contributed by atoms with E-state index in [9.17, 15) is 4.79 Å². The lowest BCUT2D eigenvalue weighted by Gasteiger charge is -2.24. The van der Waals surface area contributed by atoms with Crippen LogP contribution in [0.5, 0.6) is 11.5 Å². The number of thioether (sulfide) groups is 1. The average molecular weight is 388 g/mol. The van der Waals surface area contributed by atoms with Gasteiger partial charge >= 0.3 is 0 Å². The molecule has 0 aromatic heterocycles. The summed E-state index contributed by atoms with van der Waals surface area (Å²) < 4.78 is 11.4.